The minimum absolute atomic E-state index is 0.186. The van der Waals surface area contributed by atoms with E-state index in [0.29, 0.717) is 5.92 Å². The number of hydrogen-bond acceptors (Lipinski definition) is 2. The fourth-order valence-corrected chi connectivity index (χ4v) is 2.66. The molecule has 0 aromatic heterocycles. The molecule has 3 atom stereocenters. The Morgan fingerprint density at radius 2 is 1.61 bits per heavy atom. The number of unbranched alkanes of at least 4 members (excludes halogenated alkanes) is 1. The molecule has 0 bridgehead atoms. The molecule has 0 aromatic carbocycles. The summed E-state index contributed by atoms with van der Waals surface area (Å²) in [6.45, 7) is 12.4. The van der Waals surface area contributed by atoms with E-state index < -0.39 is 17.6 Å². The van der Waals surface area contributed by atoms with Gasteiger partial charge in [-0.25, -0.2) is 0 Å². The number of rotatable bonds is 9. The van der Waals surface area contributed by atoms with Crippen molar-refractivity contribution in [1.82, 2.24) is 0 Å². The van der Waals surface area contributed by atoms with Crippen LogP contribution < -0.4 is 0 Å². The Kier molecular flexibility index (Phi) is 8.13. The highest BCUT2D eigenvalue weighted by Gasteiger charge is 2.37. The van der Waals surface area contributed by atoms with Crippen molar-refractivity contribution in [1.29, 1.82) is 0 Å². The molecule has 0 amide bonds. The van der Waals surface area contributed by atoms with Gasteiger partial charge in [0.05, 0.1) is 12.2 Å². The second-order valence-corrected chi connectivity index (χ2v) is 6.68. The molecule has 18 heavy (non-hydrogen) atoms. The van der Waals surface area contributed by atoms with E-state index >= 15 is 0 Å². The first kappa shape index (κ1) is 17.9. The average molecular weight is 258 g/mol. The van der Waals surface area contributed by atoms with Crippen molar-refractivity contribution in [3.8, 4) is 0 Å². The van der Waals surface area contributed by atoms with Crippen molar-refractivity contribution in [2.24, 2.45) is 17.3 Å². The highest BCUT2D eigenvalue weighted by atomic mass is 16.3. The van der Waals surface area contributed by atoms with Crippen LogP contribution in [0.4, 0.5) is 0 Å². The van der Waals surface area contributed by atoms with E-state index in [2.05, 4.69) is 13.8 Å². The average Bonchev–Trinajstić information content (AvgIpc) is 2.32. The minimum atomic E-state index is -0.448. The van der Waals surface area contributed by atoms with Gasteiger partial charge in [-0.3, -0.25) is 0 Å². The summed E-state index contributed by atoms with van der Waals surface area (Å²) in [5, 5.41) is 20.7. The molecular formula is C16H34O2. The Bertz CT molecular complexity index is 211. The molecule has 0 saturated carbocycles. The van der Waals surface area contributed by atoms with Crippen LogP contribution in [0, 0.1) is 17.3 Å². The Morgan fingerprint density at radius 1 is 1.06 bits per heavy atom. The van der Waals surface area contributed by atoms with Crippen LogP contribution in [0.2, 0.25) is 0 Å². The molecule has 2 heteroatoms. The lowest BCUT2D eigenvalue weighted by molar-refractivity contribution is -0.0761. The van der Waals surface area contributed by atoms with Crippen LogP contribution >= 0.6 is 0 Å². The summed E-state index contributed by atoms with van der Waals surface area (Å²) in [6, 6.07) is 0. The number of hydrogen-bond donors (Lipinski definition) is 2. The summed E-state index contributed by atoms with van der Waals surface area (Å²) in [5.41, 5.74) is -0.423. The fraction of sp³-hybridized carbons (Fsp3) is 1.00. The molecule has 0 spiro atoms. The Balaban J connectivity index is 4.47. The largest absolute Gasteiger partial charge is 0.392 e. The maximum atomic E-state index is 10.4. The van der Waals surface area contributed by atoms with Crippen LogP contribution in [0.5, 0.6) is 0 Å². The van der Waals surface area contributed by atoms with Crippen molar-refractivity contribution >= 4 is 0 Å². The molecule has 2 nitrogen and oxygen atoms in total. The molecule has 0 aliphatic carbocycles. The van der Waals surface area contributed by atoms with E-state index in [9.17, 15) is 10.2 Å². The third-order valence-corrected chi connectivity index (χ3v) is 4.35. The van der Waals surface area contributed by atoms with Crippen LogP contribution in [-0.2, 0) is 0 Å². The van der Waals surface area contributed by atoms with Gasteiger partial charge in [-0.1, -0.05) is 67.2 Å². The molecule has 0 aromatic rings. The lowest BCUT2D eigenvalue weighted by Crippen LogP contribution is -2.44. The van der Waals surface area contributed by atoms with Gasteiger partial charge in [0.2, 0.25) is 0 Å². The summed E-state index contributed by atoms with van der Waals surface area (Å²) in [5.74, 6) is 0.768. The molecule has 0 heterocycles. The quantitative estimate of drug-likeness (QED) is 0.656. The molecular weight excluding hydrogens is 224 g/mol. The van der Waals surface area contributed by atoms with Crippen LogP contribution in [0.3, 0.4) is 0 Å². The molecule has 2 N–H and O–H groups in total. The van der Waals surface area contributed by atoms with Crippen LogP contribution in [0.25, 0.3) is 0 Å². The zero-order valence-electron chi connectivity index (χ0n) is 13.2. The third-order valence-electron chi connectivity index (χ3n) is 4.35. The first-order valence-electron chi connectivity index (χ1n) is 7.63. The highest BCUT2D eigenvalue weighted by Crippen LogP contribution is 2.34. The predicted octanol–water partition coefficient (Wildman–Crippen LogP) is 4.00. The zero-order valence-corrected chi connectivity index (χ0v) is 13.2. The molecule has 0 rings (SSSR count). The van der Waals surface area contributed by atoms with Crippen LogP contribution in [-0.4, -0.2) is 22.4 Å². The lowest BCUT2D eigenvalue weighted by atomic mass is 9.73. The van der Waals surface area contributed by atoms with E-state index in [4.69, 9.17) is 0 Å². The van der Waals surface area contributed by atoms with E-state index in [1.54, 1.807) is 0 Å². The van der Waals surface area contributed by atoms with Gasteiger partial charge in [0.1, 0.15) is 0 Å². The Morgan fingerprint density at radius 3 is 2.00 bits per heavy atom. The summed E-state index contributed by atoms with van der Waals surface area (Å²) in [7, 11) is 0. The second-order valence-electron chi connectivity index (χ2n) is 6.68. The normalized spacial score (nSPS) is 17.8. The van der Waals surface area contributed by atoms with E-state index in [1.165, 1.54) is 19.3 Å². The summed E-state index contributed by atoms with van der Waals surface area (Å²) < 4.78 is 0. The third kappa shape index (κ3) is 5.27. The SMILES string of the molecule is CCCCC(CC)CC(O)C(C)(C)C(O)C(C)C. The molecule has 0 aliphatic rings. The van der Waals surface area contributed by atoms with Crippen LogP contribution in [0.1, 0.15) is 73.6 Å². The van der Waals surface area contributed by atoms with Gasteiger partial charge in [0, 0.05) is 5.41 Å². The van der Waals surface area contributed by atoms with E-state index in [0.717, 1.165) is 12.8 Å². The van der Waals surface area contributed by atoms with Crippen molar-refractivity contribution in [3.63, 3.8) is 0 Å². The molecule has 3 unspecified atom stereocenters. The first-order chi connectivity index (χ1) is 8.27. The Hall–Kier alpha value is -0.0800. The monoisotopic (exact) mass is 258 g/mol. The van der Waals surface area contributed by atoms with Gasteiger partial charge >= 0.3 is 0 Å². The summed E-state index contributed by atoms with van der Waals surface area (Å²) >= 11 is 0. The van der Waals surface area contributed by atoms with Crippen molar-refractivity contribution < 1.29 is 10.2 Å². The van der Waals surface area contributed by atoms with Crippen LogP contribution in [0.15, 0.2) is 0 Å². The standard InChI is InChI=1S/C16H34O2/c1-7-9-10-13(8-2)11-14(17)16(5,6)15(18)12(3)4/h12-15,17-18H,7-11H2,1-6H3. The lowest BCUT2D eigenvalue weighted by Gasteiger charge is -2.38. The molecule has 110 valence electrons. The zero-order chi connectivity index (χ0) is 14.3. The molecule has 0 radical (unpaired) electrons. The second kappa shape index (κ2) is 8.16. The van der Waals surface area contributed by atoms with E-state index in [1.807, 2.05) is 27.7 Å². The minimum Gasteiger partial charge on any atom is -0.392 e. The number of aliphatic hydroxyl groups is 2. The molecule has 0 aliphatic heterocycles. The Labute approximate surface area is 114 Å². The van der Waals surface area contributed by atoms with Crippen molar-refractivity contribution in [2.45, 2.75) is 85.9 Å². The highest BCUT2D eigenvalue weighted by molar-refractivity contribution is 4.87. The maximum Gasteiger partial charge on any atom is 0.0638 e. The molecule has 0 fully saturated rings. The van der Waals surface area contributed by atoms with Gasteiger partial charge in [-0.2, -0.15) is 0 Å². The summed E-state index contributed by atoms with van der Waals surface area (Å²) in [6.07, 6.45) is 4.70. The van der Waals surface area contributed by atoms with Crippen molar-refractivity contribution in [2.75, 3.05) is 0 Å². The smallest absolute Gasteiger partial charge is 0.0638 e. The van der Waals surface area contributed by atoms with Crippen molar-refractivity contribution in [3.05, 3.63) is 0 Å². The molecule has 0 saturated heterocycles. The van der Waals surface area contributed by atoms with E-state index in [-0.39, 0.29) is 5.92 Å². The predicted molar refractivity (Wildman–Crippen MR) is 78.6 cm³/mol. The maximum absolute atomic E-state index is 10.4. The van der Waals surface area contributed by atoms with Gasteiger partial charge < -0.3 is 10.2 Å². The summed E-state index contributed by atoms with van der Waals surface area (Å²) in [4.78, 5) is 0. The van der Waals surface area contributed by atoms with Gasteiger partial charge in [-0.15, -0.1) is 0 Å². The van der Waals surface area contributed by atoms with Gasteiger partial charge in [0.15, 0.2) is 0 Å². The fourth-order valence-electron chi connectivity index (χ4n) is 2.66. The van der Waals surface area contributed by atoms with Gasteiger partial charge in [0.25, 0.3) is 0 Å². The first-order valence-corrected chi connectivity index (χ1v) is 7.63. The topological polar surface area (TPSA) is 40.5 Å². The number of aliphatic hydroxyl groups excluding tert-OH is 2. The van der Waals surface area contributed by atoms with Gasteiger partial charge in [-0.05, 0) is 18.3 Å².